The standard InChI is InChI=1S/C18H22OSi/c1-4-20(5-2,6-3)14-13-17-16-10-8-7-9-15(16)11-12-18(17)19/h7-12,19H,4-6H2,1-3H3. The Bertz CT molecular complexity index is 652. The highest BCUT2D eigenvalue weighted by Gasteiger charge is 2.24. The number of hydrogen-bond donors (Lipinski definition) is 1. The normalized spacial score (nSPS) is 11.2. The van der Waals surface area contributed by atoms with Gasteiger partial charge in [-0.15, -0.1) is 5.54 Å². The Hall–Kier alpha value is -1.72. The Morgan fingerprint density at radius 3 is 2.25 bits per heavy atom. The summed E-state index contributed by atoms with van der Waals surface area (Å²) in [5, 5.41) is 12.3. The molecule has 0 aromatic heterocycles. The van der Waals surface area contributed by atoms with Crippen molar-refractivity contribution in [3.05, 3.63) is 42.0 Å². The molecule has 0 aliphatic heterocycles. The summed E-state index contributed by atoms with van der Waals surface area (Å²) in [4.78, 5) is 0. The second-order valence-corrected chi connectivity index (χ2v) is 10.2. The number of phenols is 1. The number of fused-ring (bicyclic) bond motifs is 1. The first-order valence-electron chi connectivity index (χ1n) is 7.39. The maximum absolute atomic E-state index is 10.1. The lowest BCUT2D eigenvalue weighted by Crippen LogP contribution is -2.29. The van der Waals surface area contributed by atoms with Crippen molar-refractivity contribution in [2.24, 2.45) is 0 Å². The highest BCUT2D eigenvalue weighted by Crippen LogP contribution is 2.27. The molecule has 0 aliphatic carbocycles. The van der Waals surface area contributed by atoms with E-state index >= 15 is 0 Å². The first-order valence-corrected chi connectivity index (χ1v) is 10.0. The van der Waals surface area contributed by atoms with Gasteiger partial charge in [-0.25, -0.2) is 0 Å². The zero-order chi connectivity index (χ0) is 14.6. The summed E-state index contributed by atoms with van der Waals surface area (Å²) in [6, 6.07) is 15.3. The van der Waals surface area contributed by atoms with Crippen molar-refractivity contribution in [1.29, 1.82) is 0 Å². The molecule has 104 valence electrons. The maximum atomic E-state index is 10.1. The third-order valence-corrected chi connectivity index (χ3v) is 9.11. The van der Waals surface area contributed by atoms with E-state index in [1.807, 2.05) is 24.3 Å². The van der Waals surface area contributed by atoms with E-state index < -0.39 is 8.07 Å². The average molecular weight is 282 g/mol. The molecule has 0 atom stereocenters. The zero-order valence-electron chi connectivity index (χ0n) is 12.5. The van der Waals surface area contributed by atoms with Crippen LogP contribution in [-0.4, -0.2) is 13.2 Å². The number of aromatic hydroxyl groups is 1. The van der Waals surface area contributed by atoms with Crippen molar-refractivity contribution < 1.29 is 5.11 Å². The topological polar surface area (TPSA) is 20.2 Å². The van der Waals surface area contributed by atoms with Gasteiger partial charge in [0.1, 0.15) is 13.8 Å². The zero-order valence-corrected chi connectivity index (χ0v) is 13.5. The number of phenolic OH excluding ortho intramolecular Hbond substituents is 1. The van der Waals surface area contributed by atoms with Crippen LogP contribution in [0.3, 0.4) is 0 Å². The SMILES string of the molecule is CC[Si](C#Cc1c(O)ccc2ccccc12)(CC)CC. The second kappa shape index (κ2) is 6.15. The molecule has 0 fully saturated rings. The molecule has 20 heavy (non-hydrogen) atoms. The molecule has 2 rings (SSSR count). The van der Waals surface area contributed by atoms with Gasteiger partial charge in [-0.2, -0.15) is 0 Å². The van der Waals surface area contributed by atoms with E-state index in [0.29, 0.717) is 5.75 Å². The third kappa shape index (κ3) is 2.73. The summed E-state index contributed by atoms with van der Waals surface area (Å²) in [5.74, 6) is 3.61. The second-order valence-electron chi connectivity index (χ2n) is 5.27. The fourth-order valence-corrected chi connectivity index (χ4v) is 5.02. The van der Waals surface area contributed by atoms with Crippen LogP contribution in [0.2, 0.25) is 18.1 Å². The summed E-state index contributed by atoms with van der Waals surface area (Å²) in [6.45, 7) is 6.74. The van der Waals surface area contributed by atoms with Crippen LogP contribution in [-0.2, 0) is 0 Å². The molecule has 2 heteroatoms. The minimum absolute atomic E-state index is 0.294. The molecule has 0 amide bonds. The summed E-state index contributed by atoms with van der Waals surface area (Å²) >= 11 is 0. The Morgan fingerprint density at radius 2 is 1.60 bits per heavy atom. The van der Waals surface area contributed by atoms with Crippen LogP contribution in [0.25, 0.3) is 10.8 Å². The van der Waals surface area contributed by atoms with E-state index in [-0.39, 0.29) is 0 Å². The van der Waals surface area contributed by atoms with Gasteiger partial charge in [0.15, 0.2) is 0 Å². The van der Waals surface area contributed by atoms with Gasteiger partial charge in [0, 0.05) is 5.39 Å². The van der Waals surface area contributed by atoms with E-state index in [4.69, 9.17) is 0 Å². The van der Waals surface area contributed by atoms with Gasteiger partial charge < -0.3 is 5.11 Å². The highest BCUT2D eigenvalue weighted by molar-refractivity contribution is 6.87. The molecule has 1 nitrogen and oxygen atoms in total. The molecule has 0 saturated heterocycles. The van der Waals surface area contributed by atoms with Crippen molar-refractivity contribution in [2.75, 3.05) is 0 Å². The first-order chi connectivity index (χ1) is 9.65. The predicted octanol–water partition coefficient (Wildman–Crippen LogP) is 4.94. The molecule has 0 aliphatic rings. The summed E-state index contributed by atoms with van der Waals surface area (Å²) < 4.78 is 0. The molecular weight excluding hydrogens is 260 g/mol. The Labute approximate surface area is 122 Å². The van der Waals surface area contributed by atoms with E-state index in [0.717, 1.165) is 16.3 Å². The van der Waals surface area contributed by atoms with Crippen LogP contribution in [0.1, 0.15) is 26.3 Å². The molecule has 2 aromatic carbocycles. The molecule has 0 unspecified atom stereocenters. The summed E-state index contributed by atoms with van der Waals surface area (Å²) in [5.41, 5.74) is 4.35. The number of benzene rings is 2. The molecule has 0 saturated carbocycles. The Morgan fingerprint density at radius 1 is 0.950 bits per heavy atom. The number of hydrogen-bond acceptors (Lipinski definition) is 1. The maximum Gasteiger partial charge on any atom is 0.138 e. The van der Waals surface area contributed by atoms with Crippen LogP contribution >= 0.6 is 0 Å². The minimum Gasteiger partial charge on any atom is -0.507 e. The van der Waals surface area contributed by atoms with Crippen LogP contribution in [0.4, 0.5) is 0 Å². The molecule has 1 N–H and O–H groups in total. The van der Waals surface area contributed by atoms with Gasteiger partial charge in [-0.05, 0) is 29.6 Å². The lowest BCUT2D eigenvalue weighted by Gasteiger charge is -2.20. The summed E-state index contributed by atoms with van der Waals surface area (Å²) in [7, 11) is -1.48. The van der Waals surface area contributed by atoms with Gasteiger partial charge >= 0.3 is 0 Å². The fraction of sp³-hybridized carbons (Fsp3) is 0.333. The van der Waals surface area contributed by atoms with Gasteiger partial charge in [0.05, 0.1) is 5.56 Å². The van der Waals surface area contributed by atoms with Crippen molar-refractivity contribution in [1.82, 2.24) is 0 Å². The Kier molecular flexibility index (Phi) is 4.52. The van der Waals surface area contributed by atoms with E-state index in [2.05, 4.69) is 38.3 Å². The monoisotopic (exact) mass is 282 g/mol. The van der Waals surface area contributed by atoms with E-state index in [1.165, 1.54) is 18.1 Å². The minimum atomic E-state index is -1.48. The van der Waals surface area contributed by atoms with Crippen LogP contribution in [0.15, 0.2) is 36.4 Å². The van der Waals surface area contributed by atoms with E-state index in [9.17, 15) is 5.11 Å². The molecule has 0 radical (unpaired) electrons. The van der Waals surface area contributed by atoms with Crippen LogP contribution in [0, 0.1) is 11.5 Å². The van der Waals surface area contributed by atoms with Crippen molar-refractivity contribution in [2.45, 2.75) is 38.9 Å². The van der Waals surface area contributed by atoms with Crippen molar-refractivity contribution in [3.8, 4) is 17.2 Å². The molecule has 2 aromatic rings. The third-order valence-electron chi connectivity index (χ3n) is 4.39. The van der Waals surface area contributed by atoms with Crippen LogP contribution < -0.4 is 0 Å². The van der Waals surface area contributed by atoms with Crippen molar-refractivity contribution in [3.63, 3.8) is 0 Å². The van der Waals surface area contributed by atoms with E-state index in [1.54, 1.807) is 6.07 Å². The largest absolute Gasteiger partial charge is 0.507 e. The van der Waals surface area contributed by atoms with Gasteiger partial charge in [-0.3, -0.25) is 0 Å². The predicted molar refractivity (Wildman–Crippen MR) is 89.7 cm³/mol. The first kappa shape index (κ1) is 14.7. The van der Waals surface area contributed by atoms with Crippen LogP contribution in [0.5, 0.6) is 5.75 Å². The van der Waals surface area contributed by atoms with Gasteiger partial charge in [0.25, 0.3) is 0 Å². The Balaban J connectivity index is 2.57. The average Bonchev–Trinajstić information content (AvgIpc) is 2.51. The lowest BCUT2D eigenvalue weighted by atomic mass is 10.0. The molecule has 0 bridgehead atoms. The summed E-state index contributed by atoms with van der Waals surface area (Å²) in [6.07, 6.45) is 0. The lowest BCUT2D eigenvalue weighted by molar-refractivity contribution is 0.474. The van der Waals surface area contributed by atoms with Gasteiger partial charge in [-0.1, -0.05) is 57.0 Å². The van der Waals surface area contributed by atoms with Gasteiger partial charge in [0.2, 0.25) is 0 Å². The highest BCUT2D eigenvalue weighted by atomic mass is 28.3. The molecule has 0 heterocycles. The molecular formula is C18H22OSi. The fourth-order valence-electron chi connectivity index (χ4n) is 2.60. The molecule has 0 spiro atoms. The smallest absolute Gasteiger partial charge is 0.138 e. The number of rotatable bonds is 3. The van der Waals surface area contributed by atoms with Crippen molar-refractivity contribution >= 4 is 18.8 Å². The quantitative estimate of drug-likeness (QED) is 0.624.